The third kappa shape index (κ3) is 4.24. The summed E-state index contributed by atoms with van der Waals surface area (Å²) in [4.78, 5) is 24.8. The lowest BCUT2D eigenvalue weighted by molar-refractivity contribution is -0.121. The number of rotatable bonds is 8. The standard InChI is InChI=1S/C26H23N3O4S/c1-32-22-11-12-23-19(15-22)17-27-29(23)13-14-33-21-9-7-18(8-10-21)16-26(20-5-3-2-4-6-20)24(30)28-25(31)34-26/h2-12,15,17H,13-14,16H2,1H3,(H,28,30,31). The Labute approximate surface area is 201 Å². The zero-order chi connectivity index (χ0) is 23.5. The van der Waals surface area contributed by atoms with Crippen LogP contribution in [-0.4, -0.2) is 34.6 Å². The average molecular weight is 474 g/mol. The van der Waals surface area contributed by atoms with Crippen LogP contribution in [0.4, 0.5) is 4.79 Å². The van der Waals surface area contributed by atoms with Crippen molar-refractivity contribution in [2.45, 2.75) is 17.7 Å². The highest BCUT2D eigenvalue weighted by atomic mass is 32.2. The zero-order valence-corrected chi connectivity index (χ0v) is 19.4. The van der Waals surface area contributed by atoms with Crippen LogP contribution in [0.5, 0.6) is 11.5 Å². The minimum absolute atomic E-state index is 0.280. The maximum atomic E-state index is 12.8. The lowest BCUT2D eigenvalue weighted by Crippen LogP contribution is -2.36. The van der Waals surface area contributed by atoms with Crippen molar-refractivity contribution in [3.63, 3.8) is 0 Å². The number of amides is 2. The van der Waals surface area contributed by atoms with Crippen LogP contribution >= 0.6 is 11.8 Å². The number of aromatic nitrogens is 2. The Morgan fingerprint density at radius 2 is 1.76 bits per heavy atom. The minimum atomic E-state index is -0.968. The molecule has 2 heterocycles. The number of ether oxygens (including phenoxy) is 2. The van der Waals surface area contributed by atoms with Gasteiger partial charge in [-0.25, -0.2) is 0 Å². The third-order valence-electron chi connectivity index (χ3n) is 5.89. The first kappa shape index (κ1) is 22.0. The molecule has 0 radical (unpaired) electrons. The van der Waals surface area contributed by atoms with Crippen LogP contribution in [0.1, 0.15) is 11.1 Å². The van der Waals surface area contributed by atoms with E-state index in [0.717, 1.165) is 45.3 Å². The van der Waals surface area contributed by atoms with Crippen molar-refractivity contribution in [2.24, 2.45) is 0 Å². The van der Waals surface area contributed by atoms with Crippen molar-refractivity contribution >= 4 is 33.8 Å². The number of carbonyl (C=O) groups is 2. The first-order valence-electron chi connectivity index (χ1n) is 10.9. The van der Waals surface area contributed by atoms with Gasteiger partial charge in [0.2, 0.25) is 5.91 Å². The lowest BCUT2D eigenvalue weighted by Gasteiger charge is -2.25. The van der Waals surface area contributed by atoms with E-state index in [-0.39, 0.29) is 11.1 Å². The number of carbonyl (C=O) groups excluding carboxylic acids is 2. The van der Waals surface area contributed by atoms with Crippen LogP contribution < -0.4 is 14.8 Å². The molecule has 2 amide bonds. The summed E-state index contributed by atoms with van der Waals surface area (Å²) < 4.78 is 12.1. The summed E-state index contributed by atoms with van der Waals surface area (Å²) in [5.41, 5.74) is 2.78. The van der Waals surface area contributed by atoms with Crippen LogP contribution in [-0.2, 0) is 22.5 Å². The third-order valence-corrected chi connectivity index (χ3v) is 7.09. The van der Waals surface area contributed by atoms with Crippen LogP contribution in [0.25, 0.3) is 10.9 Å². The molecule has 0 spiro atoms. The van der Waals surface area contributed by atoms with Crippen molar-refractivity contribution in [2.75, 3.05) is 13.7 Å². The molecule has 1 aliphatic rings. The van der Waals surface area contributed by atoms with E-state index in [0.29, 0.717) is 19.6 Å². The van der Waals surface area contributed by atoms with Crippen molar-refractivity contribution in [1.82, 2.24) is 15.1 Å². The molecular weight excluding hydrogens is 450 g/mol. The molecule has 1 fully saturated rings. The van der Waals surface area contributed by atoms with Crippen molar-refractivity contribution in [3.8, 4) is 11.5 Å². The number of benzene rings is 3. The van der Waals surface area contributed by atoms with Gasteiger partial charge in [0.25, 0.3) is 5.24 Å². The summed E-state index contributed by atoms with van der Waals surface area (Å²) in [6.07, 6.45) is 2.22. The Morgan fingerprint density at radius 1 is 1.00 bits per heavy atom. The first-order valence-corrected chi connectivity index (χ1v) is 11.7. The van der Waals surface area contributed by atoms with E-state index >= 15 is 0 Å². The van der Waals surface area contributed by atoms with Gasteiger partial charge in [0.05, 0.1) is 25.4 Å². The quantitative estimate of drug-likeness (QED) is 0.404. The van der Waals surface area contributed by atoms with E-state index in [9.17, 15) is 9.59 Å². The molecule has 1 saturated heterocycles. The fraction of sp³-hybridized carbons (Fsp3) is 0.192. The number of nitrogens with zero attached hydrogens (tertiary/aromatic N) is 2. The van der Waals surface area contributed by atoms with E-state index in [2.05, 4.69) is 10.4 Å². The zero-order valence-electron chi connectivity index (χ0n) is 18.6. The molecule has 1 aliphatic heterocycles. The van der Waals surface area contributed by atoms with Crippen molar-refractivity contribution < 1.29 is 19.1 Å². The van der Waals surface area contributed by atoms with Crippen LogP contribution in [0.3, 0.4) is 0 Å². The summed E-state index contributed by atoms with van der Waals surface area (Å²) >= 11 is 1.04. The highest BCUT2D eigenvalue weighted by molar-refractivity contribution is 8.15. The smallest absolute Gasteiger partial charge is 0.287 e. The Morgan fingerprint density at radius 3 is 2.47 bits per heavy atom. The molecule has 8 heteroatoms. The van der Waals surface area contributed by atoms with E-state index in [1.54, 1.807) is 7.11 Å². The van der Waals surface area contributed by atoms with E-state index in [4.69, 9.17) is 9.47 Å². The minimum Gasteiger partial charge on any atom is -0.497 e. The number of thioether (sulfide) groups is 1. The van der Waals surface area contributed by atoms with Gasteiger partial charge in [-0.2, -0.15) is 5.10 Å². The Hall–Kier alpha value is -3.78. The van der Waals surface area contributed by atoms with E-state index in [1.807, 2.05) is 83.7 Å². The second kappa shape index (κ2) is 9.23. The second-order valence-electron chi connectivity index (χ2n) is 8.00. The van der Waals surface area contributed by atoms with Gasteiger partial charge in [0, 0.05) is 11.8 Å². The lowest BCUT2D eigenvalue weighted by atomic mass is 9.90. The van der Waals surface area contributed by atoms with Gasteiger partial charge in [-0.05, 0) is 53.2 Å². The number of hydrogen-bond acceptors (Lipinski definition) is 6. The van der Waals surface area contributed by atoms with Crippen molar-refractivity contribution in [1.29, 1.82) is 0 Å². The van der Waals surface area contributed by atoms with Crippen LogP contribution in [0, 0.1) is 0 Å². The topological polar surface area (TPSA) is 82.4 Å². The molecule has 34 heavy (non-hydrogen) atoms. The highest BCUT2D eigenvalue weighted by Crippen LogP contribution is 2.44. The molecular formula is C26H23N3O4S. The predicted octanol–water partition coefficient (Wildman–Crippen LogP) is 4.54. The fourth-order valence-electron chi connectivity index (χ4n) is 4.15. The maximum Gasteiger partial charge on any atom is 0.287 e. The molecule has 0 bridgehead atoms. The molecule has 1 aromatic heterocycles. The monoisotopic (exact) mass is 473 g/mol. The van der Waals surface area contributed by atoms with Gasteiger partial charge in [0.1, 0.15) is 22.9 Å². The molecule has 172 valence electrons. The molecule has 3 aromatic carbocycles. The number of hydrogen-bond donors (Lipinski definition) is 1. The Balaban J connectivity index is 1.25. The van der Waals surface area contributed by atoms with Crippen LogP contribution in [0.15, 0.2) is 79.0 Å². The summed E-state index contributed by atoms with van der Waals surface area (Å²) in [5.74, 6) is 1.25. The number of methoxy groups -OCH3 is 1. The van der Waals surface area contributed by atoms with Gasteiger partial charge in [0.15, 0.2) is 0 Å². The average Bonchev–Trinajstić information content (AvgIpc) is 3.40. The van der Waals surface area contributed by atoms with Gasteiger partial charge in [-0.1, -0.05) is 42.5 Å². The SMILES string of the molecule is COc1ccc2c(cnn2CCOc2ccc(CC3(c4ccccc4)SC(=O)NC3=O)cc2)c1. The number of nitrogens with one attached hydrogen (secondary N) is 1. The van der Waals surface area contributed by atoms with E-state index in [1.165, 1.54) is 0 Å². The van der Waals surface area contributed by atoms with Crippen LogP contribution in [0.2, 0.25) is 0 Å². The molecule has 7 nitrogen and oxygen atoms in total. The molecule has 4 aromatic rings. The van der Waals surface area contributed by atoms with E-state index < -0.39 is 4.75 Å². The molecule has 1 N–H and O–H groups in total. The Kier molecular flexibility index (Phi) is 5.98. The fourth-order valence-corrected chi connectivity index (χ4v) is 5.25. The Bertz CT molecular complexity index is 1340. The predicted molar refractivity (Wildman–Crippen MR) is 131 cm³/mol. The normalized spacial score (nSPS) is 17.7. The highest BCUT2D eigenvalue weighted by Gasteiger charge is 2.49. The molecule has 0 aliphatic carbocycles. The number of imide groups is 1. The summed E-state index contributed by atoms with van der Waals surface area (Å²) in [6, 6.07) is 22.9. The summed E-state index contributed by atoms with van der Waals surface area (Å²) in [6.45, 7) is 1.07. The summed E-state index contributed by atoms with van der Waals surface area (Å²) in [5, 5.41) is 7.58. The number of fused-ring (bicyclic) bond motifs is 1. The van der Waals surface area contributed by atoms with Gasteiger partial charge in [-0.15, -0.1) is 0 Å². The molecule has 1 unspecified atom stereocenters. The van der Waals surface area contributed by atoms with Gasteiger partial charge in [-0.3, -0.25) is 19.6 Å². The van der Waals surface area contributed by atoms with Gasteiger partial charge >= 0.3 is 0 Å². The second-order valence-corrected chi connectivity index (χ2v) is 9.27. The molecule has 0 saturated carbocycles. The largest absolute Gasteiger partial charge is 0.497 e. The molecule has 1 atom stereocenters. The maximum absolute atomic E-state index is 12.8. The van der Waals surface area contributed by atoms with Gasteiger partial charge < -0.3 is 9.47 Å². The summed E-state index contributed by atoms with van der Waals surface area (Å²) in [7, 11) is 1.65. The van der Waals surface area contributed by atoms with Crippen molar-refractivity contribution in [3.05, 3.63) is 90.1 Å². The molecule has 5 rings (SSSR count). The first-order chi connectivity index (χ1) is 16.6.